The highest BCUT2D eigenvalue weighted by Crippen LogP contribution is 2.18. The lowest BCUT2D eigenvalue weighted by Gasteiger charge is -2.21. The highest BCUT2D eigenvalue weighted by Gasteiger charge is 2.22. The van der Waals surface area contributed by atoms with Gasteiger partial charge in [0.1, 0.15) is 0 Å². The molecule has 0 saturated carbocycles. The van der Waals surface area contributed by atoms with Crippen LogP contribution in [0, 0.1) is 0 Å². The number of oxazole rings is 1. The van der Waals surface area contributed by atoms with Gasteiger partial charge in [-0.25, -0.2) is 4.79 Å². The summed E-state index contributed by atoms with van der Waals surface area (Å²) < 4.78 is 11.8. The van der Waals surface area contributed by atoms with Crippen LogP contribution in [0.3, 0.4) is 0 Å². The third-order valence-corrected chi connectivity index (χ3v) is 4.89. The summed E-state index contributed by atoms with van der Waals surface area (Å²) in [6.07, 6.45) is 0.713. The van der Waals surface area contributed by atoms with Gasteiger partial charge in [0.25, 0.3) is 5.91 Å². The van der Waals surface area contributed by atoms with Gasteiger partial charge >= 0.3 is 11.7 Å². The van der Waals surface area contributed by atoms with Crippen LogP contribution in [-0.2, 0) is 20.9 Å². The first-order valence-electron chi connectivity index (χ1n) is 10.1. The minimum absolute atomic E-state index is 0.0435. The van der Waals surface area contributed by atoms with Crippen LogP contribution < -0.4 is 11.1 Å². The van der Waals surface area contributed by atoms with Crippen molar-refractivity contribution in [3.63, 3.8) is 0 Å². The normalized spacial score (nSPS) is 13.0. The second-order valence-electron chi connectivity index (χ2n) is 7.13. The van der Waals surface area contributed by atoms with Crippen molar-refractivity contribution in [2.75, 3.05) is 0 Å². The number of benzene rings is 2. The van der Waals surface area contributed by atoms with Gasteiger partial charge in [-0.15, -0.1) is 0 Å². The summed E-state index contributed by atoms with van der Waals surface area (Å²) in [6, 6.07) is 16.6. The maximum atomic E-state index is 12.5. The van der Waals surface area contributed by atoms with Gasteiger partial charge in [-0.2, -0.15) is 0 Å². The monoisotopic (exact) mass is 410 g/mol. The van der Waals surface area contributed by atoms with Gasteiger partial charge in [0.05, 0.1) is 18.0 Å². The van der Waals surface area contributed by atoms with Crippen LogP contribution in [0.2, 0.25) is 0 Å². The van der Waals surface area contributed by atoms with Crippen LogP contribution in [0.15, 0.2) is 63.8 Å². The minimum atomic E-state index is -0.932. The number of rotatable bonds is 9. The lowest BCUT2D eigenvalue weighted by molar-refractivity contribution is -0.155. The van der Waals surface area contributed by atoms with Crippen LogP contribution in [-0.4, -0.2) is 22.5 Å². The fraction of sp³-hybridized carbons (Fsp3) is 0.348. The first-order valence-corrected chi connectivity index (χ1v) is 10.1. The molecule has 0 unspecified atom stereocenters. The summed E-state index contributed by atoms with van der Waals surface area (Å²) in [5.74, 6) is -1.43. The smallest absolute Gasteiger partial charge is 0.419 e. The highest BCUT2D eigenvalue weighted by atomic mass is 16.5. The molecule has 0 fully saturated rings. The summed E-state index contributed by atoms with van der Waals surface area (Å²) in [7, 11) is 0. The van der Waals surface area contributed by atoms with Crippen LogP contribution in [0.1, 0.15) is 44.7 Å². The predicted molar refractivity (Wildman–Crippen MR) is 113 cm³/mol. The molecule has 30 heavy (non-hydrogen) atoms. The van der Waals surface area contributed by atoms with Crippen LogP contribution in [0.4, 0.5) is 0 Å². The second kappa shape index (κ2) is 9.91. The molecule has 2 atom stereocenters. The number of ether oxygens (including phenoxy) is 1. The molecule has 1 heterocycles. The maximum Gasteiger partial charge on any atom is 0.419 e. The Bertz CT molecular complexity index is 1050. The van der Waals surface area contributed by atoms with Gasteiger partial charge in [-0.3, -0.25) is 14.2 Å². The average molecular weight is 410 g/mol. The Balaban J connectivity index is 1.56. The number of fused-ring (bicyclic) bond motifs is 1. The molecule has 7 heteroatoms. The molecule has 0 aliphatic carbocycles. The van der Waals surface area contributed by atoms with Gasteiger partial charge in [-0.1, -0.05) is 55.8 Å². The van der Waals surface area contributed by atoms with Gasteiger partial charge < -0.3 is 14.5 Å². The topological polar surface area (TPSA) is 90.5 Å². The molecule has 3 rings (SSSR count). The van der Waals surface area contributed by atoms with E-state index in [1.807, 2.05) is 37.3 Å². The number of hydrogen-bond acceptors (Lipinski definition) is 5. The molecule has 0 bridgehead atoms. The number of nitrogens with zero attached hydrogens (tertiary/aromatic N) is 1. The van der Waals surface area contributed by atoms with Crippen molar-refractivity contribution in [3.05, 3.63) is 70.7 Å². The van der Waals surface area contributed by atoms with E-state index in [1.165, 1.54) is 4.57 Å². The Morgan fingerprint density at radius 2 is 1.80 bits per heavy atom. The standard InChI is InChI=1S/C23H26N2O5/c1-3-9-18(17-10-5-4-6-11-17)24-22(27)16(2)29-21(26)14-15-25-19-12-7-8-13-20(19)30-23(25)28/h4-8,10-13,16,18H,3,9,14-15H2,1-2H3,(H,24,27)/t16-,18+/m1/s1. The number of amides is 1. The lowest BCUT2D eigenvalue weighted by atomic mass is 10.0. The van der Waals surface area contributed by atoms with Crippen LogP contribution in [0.25, 0.3) is 11.1 Å². The first-order chi connectivity index (χ1) is 14.5. The van der Waals surface area contributed by atoms with Gasteiger partial charge in [0, 0.05) is 6.54 Å². The third-order valence-electron chi connectivity index (χ3n) is 4.89. The second-order valence-corrected chi connectivity index (χ2v) is 7.13. The van der Waals surface area contributed by atoms with E-state index in [4.69, 9.17) is 9.15 Å². The number of carbonyl (C=O) groups is 2. The number of carbonyl (C=O) groups excluding carboxylic acids is 2. The van der Waals surface area contributed by atoms with E-state index in [2.05, 4.69) is 5.32 Å². The molecule has 0 aliphatic rings. The van der Waals surface area contributed by atoms with Crippen molar-refractivity contribution < 1.29 is 18.7 Å². The molecule has 1 aromatic heterocycles. The number of esters is 1. The molecule has 0 radical (unpaired) electrons. The largest absolute Gasteiger partial charge is 0.452 e. The fourth-order valence-corrected chi connectivity index (χ4v) is 3.32. The van der Waals surface area contributed by atoms with Gasteiger partial charge in [-0.05, 0) is 31.0 Å². The maximum absolute atomic E-state index is 12.5. The Morgan fingerprint density at radius 1 is 1.10 bits per heavy atom. The van der Waals surface area contributed by atoms with E-state index in [0.29, 0.717) is 11.1 Å². The fourth-order valence-electron chi connectivity index (χ4n) is 3.32. The predicted octanol–water partition coefficient (Wildman–Crippen LogP) is 3.57. The molecule has 0 saturated heterocycles. The average Bonchev–Trinajstić information content (AvgIpc) is 3.07. The van der Waals surface area contributed by atoms with E-state index >= 15 is 0 Å². The van der Waals surface area contributed by atoms with Crippen molar-refractivity contribution >= 4 is 23.0 Å². The summed E-state index contributed by atoms with van der Waals surface area (Å²) in [5, 5.41) is 2.96. The van der Waals surface area contributed by atoms with Crippen molar-refractivity contribution in [3.8, 4) is 0 Å². The minimum Gasteiger partial charge on any atom is -0.452 e. The summed E-state index contributed by atoms with van der Waals surface area (Å²) in [6.45, 7) is 3.71. The van der Waals surface area contributed by atoms with E-state index in [1.54, 1.807) is 31.2 Å². The van der Waals surface area contributed by atoms with Crippen LogP contribution in [0.5, 0.6) is 0 Å². The summed E-state index contributed by atoms with van der Waals surface area (Å²) in [5.41, 5.74) is 2.09. The molecule has 1 amide bonds. The first kappa shape index (κ1) is 21.4. The van der Waals surface area contributed by atoms with Crippen molar-refractivity contribution in [2.24, 2.45) is 0 Å². The number of hydrogen-bond donors (Lipinski definition) is 1. The molecule has 0 aliphatic heterocycles. The number of aromatic nitrogens is 1. The molecule has 158 valence electrons. The Hall–Kier alpha value is -3.35. The SMILES string of the molecule is CCC[C@H](NC(=O)[C@@H](C)OC(=O)CCn1c(=O)oc2ccccc21)c1ccccc1. The van der Waals surface area contributed by atoms with Crippen molar-refractivity contribution in [1.82, 2.24) is 9.88 Å². The van der Waals surface area contributed by atoms with E-state index in [0.717, 1.165) is 18.4 Å². The lowest BCUT2D eigenvalue weighted by Crippen LogP contribution is -2.38. The summed E-state index contributed by atoms with van der Waals surface area (Å²) >= 11 is 0. The number of aryl methyl sites for hydroxylation is 1. The van der Waals surface area contributed by atoms with Gasteiger partial charge in [0.2, 0.25) is 0 Å². The van der Waals surface area contributed by atoms with Crippen molar-refractivity contribution in [2.45, 2.75) is 51.8 Å². The molecule has 2 aromatic carbocycles. The third kappa shape index (κ3) is 5.17. The van der Waals surface area contributed by atoms with Gasteiger partial charge in [0.15, 0.2) is 11.7 Å². The molecule has 3 aromatic rings. The van der Waals surface area contributed by atoms with E-state index < -0.39 is 17.8 Å². The number of nitrogens with one attached hydrogen (secondary N) is 1. The zero-order valence-corrected chi connectivity index (χ0v) is 17.2. The quantitative estimate of drug-likeness (QED) is 0.545. The Kier molecular flexibility index (Phi) is 7.06. The molecular weight excluding hydrogens is 384 g/mol. The Morgan fingerprint density at radius 3 is 2.53 bits per heavy atom. The number of para-hydroxylation sites is 2. The highest BCUT2D eigenvalue weighted by molar-refractivity contribution is 5.83. The van der Waals surface area contributed by atoms with E-state index in [9.17, 15) is 14.4 Å². The zero-order valence-electron chi connectivity index (χ0n) is 17.2. The molecule has 7 nitrogen and oxygen atoms in total. The Labute approximate surface area is 174 Å². The zero-order chi connectivity index (χ0) is 21.5. The summed E-state index contributed by atoms with van der Waals surface area (Å²) in [4.78, 5) is 36.8. The van der Waals surface area contributed by atoms with Crippen LogP contribution >= 0.6 is 0 Å². The molecular formula is C23H26N2O5. The van der Waals surface area contributed by atoms with E-state index in [-0.39, 0.29) is 24.9 Å². The molecule has 1 N–H and O–H groups in total. The molecule has 0 spiro atoms. The van der Waals surface area contributed by atoms with Crippen molar-refractivity contribution in [1.29, 1.82) is 0 Å².